The molecule has 1 atom stereocenters. The van der Waals surface area contributed by atoms with Gasteiger partial charge in [-0.1, -0.05) is 0 Å². The number of carboxylic acid groups (broad SMARTS) is 1. The molecule has 1 amide bonds. The zero-order valence-corrected chi connectivity index (χ0v) is 12.1. The quantitative estimate of drug-likeness (QED) is 0.843. The van der Waals surface area contributed by atoms with Gasteiger partial charge in [0, 0.05) is 18.8 Å². The van der Waals surface area contributed by atoms with Crippen molar-refractivity contribution < 1.29 is 23.1 Å². The first kappa shape index (κ1) is 14.0. The van der Waals surface area contributed by atoms with Gasteiger partial charge in [-0.3, -0.25) is 9.59 Å². The van der Waals surface area contributed by atoms with Gasteiger partial charge in [-0.05, 0) is 30.7 Å². The van der Waals surface area contributed by atoms with E-state index in [0.717, 1.165) is 4.31 Å². The van der Waals surface area contributed by atoms with Crippen LogP contribution in [0.25, 0.3) is 0 Å². The maximum absolute atomic E-state index is 12.4. The van der Waals surface area contributed by atoms with Crippen LogP contribution in [0.15, 0.2) is 23.1 Å². The van der Waals surface area contributed by atoms with Crippen LogP contribution in [0.2, 0.25) is 0 Å². The molecule has 0 aliphatic carbocycles. The molecule has 1 saturated heterocycles. The summed E-state index contributed by atoms with van der Waals surface area (Å²) < 4.78 is 25.9. The summed E-state index contributed by atoms with van der Waals surface area (Å²) in [5.41, 5.74) is 1.27. The average molecular weight is 310 g/mol. The van der Waals surface area contributed by atoms with Gasteiger partial charge in [0.25, 0.3) is 0 Å². The number of rotatable bonds is 3. The van der Waals surface area contributed by atoms with E-state index in [2.05, 4.69) is 5.32 Å². The van der Waals surface area contributed by atoms with Crippen molar-refractivity contribution in [2.75, 3.05) is 18.4 Å². The fraction of sp³-hybridized carbons (Fsp3) is 0.385. The van der Waals surface area contributed by atoms with Gasteiger partial charge in [-0.25, -0.2) is 8.42 Å². The molecule has 1 aromatic rings. The molecule has 1 fully saturated rings. The standard InChI is InChI=1S/C13H14N2O5S/c1-7-10-4-9(2-3-11(10)14-12(7)16)21(19,20)15-5-8(6-15)13(17)18/h2-4,7-8H,5-6H2,1H3,(H,14,16)(H,17,18). The van der Waals surface area contributed by atoms with Gasteiger partial charge in [0.1, 0.15) is 0 Å². The first-order valence-electron chi connectivity index (χ1n) is 6.48. The van der Waals surface area contributed by atoms with Crippen LogP contribution < -0.4 is 5.32 Å². The number of fused-ring (bicyclic) bond motifs is 1. The largest absolute Gasteiger partial charge is 0.481 e. The van der Waals surface area contributed by atoms with Crippen molar-refractivity contribution in [2.24, 2.45) is 5.92 Å². The number of hydrogen-bond donors (Lipinski definition) is 2. The maximum atomic E-state index is 12.4. The van der Waals surface area contributed by atoms with Crippen LogP contribution in [0.1, 0.15) is 18.4 Å². The summed E-state index contributed by atoms with van der Waals surface area (Å²) in [5, 5.41) is 11.5. The lowest BCUT2D eigenvalue weighted by molar-refractivity contribution is -0.145. The van der Waals surface area contributed by atoms with E-state index in [1.54, 1.807) is 13.0 Å². The molecule has 112 valence electrons. The van der Waals surface area contributed by atoms with E-state index in [-0.39, 0.29) is 23.9 Å². The van der Waals surface area contributed by atoms with Crippen molar-refractivity contribution in [3.63, 3.8) is 0 Å². The number of amides is 1. The van der Waals surface area contributed by atoms with E-state index in [0.29, 0.717) is 11.3 Å². The molecule has 0 radical (unpaired) electrons. The zero-order valence-electron chi connectivity index (χ0n) is 11.2. The van der Waals surface area contributed by atoms with Crippen LogP contribution in [-0.4, -0.2) is 42.8 Å². The number of nitrogens with zero attached hydrogens (tertiary/aromatic N) is 1. The Morgan fingerprint density at radius 2 is 2.05 bits per heavy atom. The van der Waals surface area contributed by atoms with Crippen LogP contribution >= 0.6 is 0 Å². The highest BCUT2D eigenvalue weighted by Gasteiger charge is 2.41. The lowest BCUT2D eigenvalue weighted by Crippen LogP contribution is -2.52. The predicted molar refractivity (Wildman–Crippen MR) is 73.4 cm³/mol. The lowest BCUT2D eigenvalue weighted by atomic mass is 10.0. The smallest absolute Gasteiger partial charge is 0.309 e. The van der Waals surface area contributed by atoms with Gasteiger partial charge < -0.3 is 10.4 Å². The monoisotopic (exact) mass is 310 g/mol. The maximum Gasteiger partial charge on any atom is 0.309 e. The first-order valence-corrected chi connectivity index (χ1v) is 7.92. The normalized spacial score (nSPS) is 22.5. The predicted octanol–water partition coefficient (Wildman–Crippen LogP) is 0.447. The van der Waals surface area contributed by atoms with Gasteiger partial charge in [0.15, 0.2) is 0 Å². The van der Waals surface area contributed by atoms with Crippen molar-refractivity contribution in [2.45, 2.75) is 17.7 Å². The minimum Gasteiger partial charge on any atom is -0.481 e. The molecule has 2 aliphatic rings. The van der Waals surface area contributed by atoms with Crippen LogP contribution in [-0.2, 0) is 19.6 Å². The number of benzene rings is 1. The van der Waals surface area contributed by atoms with Gasteiger partial charge in [0.05, 0.1) is 16.7 Å². The highest BCUT2D eigenvalue weighted by atomic mass is 32.2. The molecule has 8 heteroatoms. The van der Waals surface area contributed by atoms with Crippen LogP contribution in [0.5, 0.6) is 0 Å². The highest BCUT2D eigenvalue weighted by molar-refractivity contribution is 7.89. The molecule has 0 spiro atoms. The molecule has 2 aliphatic heterocycles. The molecular formula is C13H14N2O5S. The van der Waals surface area contributed by atoms with Gasteiger partial charge >= 0.3 is 5.97 Å². The minimum absolute atomic E-state index is 0.0124. The number of carbonyl (C=O) groups excluding carboxylic acids is 1. The molecule has 0 bridgehead atoms. The van der Waals surface area contributed by atoms with Crippen LogP contribution in [0.3, 0.4) is 0 Å². The van der Waals surface area contributed by atoms with E-state index in [9.17, 15) is 18.0 Å². The molecule has 0 aromatic heterocycles. The molecule has 7 nitrogen and oxygen atoms in total. The summed E-state index contributed by atoms with van der Waals surface area (Å²) in [6.07, 6.45) is 0. The molecule has 21 heavy (non-hydrogen) atoms. The number of sulfonamides is 1. The Balaban J connectivity index is 1.88. The Bertz CT molecular complexity index is 737. The Kier molecular flexibility index (Phi) is 3.03. The van der Waals surface area contributed by atoms with Gasteiger partial charge in [0.2, 0.25) is 15.9 Å². The molecule has 2 heterocycles. The van der Waals surface area contributed by atoms with Gasteiger partial charge in [-0.15, -0.1) is 0 Å². The third-order valence-corrected chi connectivity index (χ3v) is 5.80. The van der Waals surface area contributed by atoms with E-state index >= 15 is 0 Å². The zero-order chi connectivity index (χ0) is 15.4. The third kappa shape index (κ3) is 2.11. The van der Waals surface area contributed by atoms with Crippen molar-refractivity contribution in [3.05, 3.63) is 23.8 Å². The number of nitrogens with one attached hydrogen (secondary N) is 1. The van der Waals surface area contributed by atoms with Crippen LogP contribution in [0.4, 0.5) is 5.69 Å². The first-order chi connectivity index (χ1) is 9.80. The fourth-order valence-electron chi connectivity index (χ4n) is 2.50. The molecule has 2 N–H and O–H groups in total. The van der Waals surface area contributed by atoms with Gasteiger partial charge in [-0.2, -0.15) is 4.31 Å². The topological polar surface area (TPSA) is 104 Å². The number of carbonyl (C=O) groups is 2. The Morgan fingerprint density at radius 1 is 1.38 bits per heavy atom. The molecule has 0 saturated carbocycles. The highest BCUT2D eigenvalue weighted by Crippen LogP contribution is 2.35. The van der Waals surface area contributed by atoms with E-state index in [1.807, 2.05) is 0 Å². The molecule has 1 unspecified atom stereocenters. The Labute approximate surface area is 121 Å². The Morgan fingerprint density at radius 3 is 2.67 bits per heavy atom. The Hall–Kier alpha value is -1.93. The summed E-state index contributed by atoms with van der Waals surface area (Å²) in [4.78, 5) is 22.4. The summed E-state index contributed by atoms with van der Waals surface area (Å²) in [7, 11) is -3.70. The van der Waals surface area contributed by atoms with Crippen molar-refractivity contribution in [3.8, 4) is 0 Å². The van der Waals surface area contributed by atoms with E-state index in [1.165, 1.54) is 12.1 Å². The summed E-state index contributed by atoms with van der Waals surface area (Å²) >= 11 is 0. The van der Waals surface area contributed by atoms with Crippen LogP contribution in [0, 0.1) is 5.92 Å². The summed E-state index contributed by atoms with van der Waals surface area (Å²) in [6, 6.07) is 4.49. The number of hydrogen-bond acceptors (Lipinski definition) is 4. The fourth-order valence-corrected chi connectivity index (χ4v) is 4.06. The third-order valence-electron chi connectivity index (χ3n) is 3.98. The summed E-state index contributed by atoms with van der Waals surface area (Å²) in [6.45, 7) is 1.69. The van der Waals surface area contributed by atoms with Crippen molar-refractivity contribution >= 4 is 27.6 Å². The second-order valence-corrected chi connectivity index (χ2v) is 7.26. The second kappa shape index (κ2) is 4.54. The van der Waals surface area contributed by atoms with E-state index in [4.69, 9.17) is 5.11 Å². The number of aliphatic carboxylic acids is 1. The molecule has 3 rings (SSSR count). The second-order valence-electron chi connectivity index (χ2n) is 5.32. The number of carboxylic acids is 1. The molecule has 1 aromatic carbocycles. The minimum atomic E-state index is -3.70. The lowest BCUT2D eigenvalue weighted by Gasteiger charge is -2.35. The SMILES string of the molecule is CC1C(=O)Nc2ccc(S(=O)(=O)N3CC(C(=O)O)C3)cc21. The molecular weight excluding hydrogens is 296 g/mol. The van der Waals surface area contributed by atoms with E-state index < -0.39 is 27.8 Å². The van der Waals surface area contributed by atoms with Crippen molar-refractivity contribution in [1.82, 2.24) is 4.31 Å². The van der Waals surface area contributed by atoms with Crippen molar-refractivity contribution in [1.29, 1.82) is 0 Å². The summed E-state index contributed by atoms with van der Waals surface area (Å²) in [5.74, 6) is -2.18. The average Bonchev–Trinajstić information content (AvgIpc) is 2.62. The number of anilines is 1.